The van der Waals surface area contributed by atoms with Crippen LogP contribution in [0.1, 0.15) is 12.5 Å². The molecular formula is C14H18N6O4. The first kappa shape index (κ1) is 15.3. The Morgan fingerprint density at radius 2 is 2.12 bits per heavy atom. The molecule has 0 saturated carbocycles. The Balaban J connectivity index is 1.96. The van der Waals surface area contributed by atoms with Gasteiger partial charge in [0.25, 0.3) is 0 Å². The molecule has 0 bridgehead atoms. The standard InChI is InChI=1S/C14H18N6O4/c1-14(10(23)9(22)7(4-21)24-14)20-3-6-8-12(16-5-17-13(8)20)19(2)18-11(6)15/h3,5,7,9-10,21-23H,4H2,1-2H3,(H2,15,18)/t7-,9-,10-,14?/m1/s1. The van der Waals surface area contributed by atoms with Crippen molar-refractivity contribution >= 4 is 22.7 Å². The van der Waals surface area contributed by atoms with E-state index >= 15 is 0 Å². The quantitative estimate of drug-likeness (QED) is 0.508. The molecule has 2 aromatic heterocycles. The van der Waals surface area contributed by atoms with Crippen LogP contribution in [-0.2, 0) is 10.5 Å². The third-order valence-corrected chi connectivity index (χ3v) is 4.70. The van der Waals surface area contributed by atoms with Gasteiger partial charge in [-0.05, 0) is 6.92 Å². The summed E-state index contributed by atoms with van der Waals surface area (Å²) in [6.07, 6.45) is -0.319. The summed E-state index contributed by atoms with van der Waals surface area (Å²) >= 11 is 0. The van der Waals surface area contributed by atoms with Crippen molar-refractivity contribution in [2.75, 3.05) is 18.7 Å². The highest BCUT2D eigenvalue weighted by molar-refractivity contribution is 6.13. The van der Waals surface area contributed by atoms with Crippen LogP contribution in [0.15, 0.2) is 17.6 Å². The van der Waals surface area contributed by atoms with Gasteiger partial charge in [-0.25, -0.2) is 15.0 Å². The molecule has 24 heavy (non-hydrogen) atoms. The van der Waals surface area contributed by atoms with Crippen molar-refractivity contribution in [2.24, 2.45) is 10.8 Å². The minimum Gasteiger partial charge on any atom is -0.394 e. The van der Waals surface area contributed by atoms with Crippen LogP contribution in [0.2, 0.25) is 0 Å². The number of aliphatic hydroxyl groups excluding tert-OH is 3. The number of aliphatic hydroxyl groups is 3. The van der Waals surface area contributed by atoms with Gasteiger partial charge in [-0.15, -0.1) is 0 Å². The van der Waals surface area contributed by atoms with Crippen molar-refractivity contribution in [1.29, 1.82) is 0 Å². The van der Waals surface area contributed by atoms with Crippen LogP contribution in [0.3, 0.4) is 0 Å². The van der Waals surface area contributed by atoms with Gasteiger partial charge >= 0.3 is 0 Å². The summed E-state index contributed by atoms with van der Waals surface area (Å²) in [4.78, 5) is 8.52. The van der Waals surface area contributed by atoms with Gasteiger partial charge in [-0.2, -0.15) is 5.10 Å². The van der Waals surface area contributed by atoms with Gasteiger partial charge in [0.15, 0.2) is 17.4 Å². The highest BCUT2D eigenvalue weighted by atomic mass is 16.6. The van der Waals surface area contributed by atoms with Crippen LogP contribution in [0.5, 0.6) is 0 Å². The van der Waals surface area contributed by atoms with Gasteiger partial charge in [0, 0.05) is 18.8 Å². The van der Waals surface area contributed by atoms with Crippen LogP contribution in [0, 0.1) is 0 Å². The normalized spacial score (nSPS) is 32.5. The number of aromatic nitrogens is 3. The minimum atomic E-state index is -1.32. The Morgan fingerprint density at radius 3 is 2.79 bits per heavy atom. The van der Waals surface area contributed by atoms with Crippen LogP contribution >= 0.6 is 0 Å². The smallest absolute Gasteiger partial charge is 0.172 e. The van der Waals surface area contributed by atoms with E-state index in [1.807, 2.05) is 0 Å². The zero-order valence-electron chi connectivity index (χ0n) is 13.2. The van der Waals surface area contributed by atoms with Gasteiger partial charge in [-0.1, -0.05) is 0 Å². The van der Waals surface area contributed by atoms with E-state index in [4.69, 9.17) is 10.5 Å². The first-order chi connectivity index (χ1) is 11.4. The molecule has 0 amide bonds. The lowest BCUT2D eigenvalue weighted by atomic mass is 10.0. The molecule has 2 aliphatic heterocycles. The minimum absolute atomic E-state index is 0.291. The second-order valence-electron chi connectivity index (χ2n) is 6.15. The second-order valence-corrected chi connectivity index (χ2v) is 6.15. The van der Waals surface area contributed by atoms with Crippen LogP contribution in [0.4, 0.5) is 5.82 Å². The molecule has 2 aromatic rings. The molecule has 5 N–H and O–H groups in total. The monoisotopic (exact) mass is 334 g/mol. The molecule has 1 saturated heterocycles. The lowest BCUT2D eigenvalue weighted by Crippen LogP contribution is -2.43. The zero-order chi connectivity index (χ0) is 17.2. The van der Waals surface area contributed by atoms with Crippen molar-refractivity contribution in [3.8, 4) is 0 Å². The van der Waals surface area contributed by atoms with Crippen molar-refractivity contribution in [1.82, 2.24) is 14.5 Å². The van der Waals surface area contributed by atoms with Gasteiger partial charge < -0.3 is 30.4 Å². The summed E-state index contributed by atoms with van der Waals surface area (Å²) < 4.78 is 7.36. The molecule has 0 aliphatic carbocycles. The van der Waals surface area contributed by atoms with Gasteiger partial charge in [0.1, 0.15) is 30.3 Å². The molecule has 1 unspecified atom stereocenters. The van der Waals surface area contributed by atoms with E-state index in [9.17, 15) is 15.3 Å². The van der Waals surface area contributed by atoms with E-state index in [0.29, 0.717) is 28.3 Å². The molecule has 128 valence electrons. The Kier molecular flexibility index (Phi) is 3.09. The first-order valence-corrected chi connectivity index (χ1v) is 7.48. The molecule has 10 nitrogen and oxygen atoms in total. The molecule has 4 rings (SSSR count). The largest absolute Gasteiger partial charge is 0.394 e. The fraction of sp³-hybridized carbons (Fsp3) is 0.500. The van der Waals surface area contributed by atoms with E-state index in [-0.39, 0.29) is 0 Å². The van der Waals surface area contributed by atoms with Crippen LogP contribution in [0.25, 0.3) is 11.0 Å². The zero-order valence-corrected chi connectivity index (χ0v) is 13.2. The van der Waals surface area contributed by atoms with Crippen LogP contribution < -0.4 is 10.7 Å². The predicted octanol–water partition coefficient (Wildman–Crippen LogP) is -1.71. The molecule has 2 aliphatic rings. The first-order valence-electron chi connectivity index (χ1n) is 7.48. The number of hydrazone groups is 1. The summed E-state index contributed by atoms with van der Waals surface area (Å²) in [7, 11) is 1.73. The Morgan fingerprint density at radius 1 is 1.38 bits per heavy atom. The molecule has 0 spiro atoms. The van der Waals surface area contributed by atoms with E-state index in [1.165, 1.54) is 6.33 Å². The van der Waals surface area contributed by atoms with Crippen molar-refractivity contribution < 1.29 is 20.1 Å². The summed E-state index contributed by atoms with van der Waals surface area (Å²) in [5.41, 5.74) is 5.81. The van der Waals surface area contributed by atoms with Gasteiger partial charge in [0.2, 0.25) is 0 Å². The topological polar surface area (TPSA) is 142 Å². The molecule has 4 atom stereocenters. The molecule has 1 fully saturated rings. The number of nitrogens with two attached hydrogens (primary N) is 1. The molecule has 10 heteroatoms. The number of hydrogen-bond acceptors (Lipinski definition) is 9. The Bertz CT molecular complexity index is 851. The van der Waals surface area contributed by atoms with Gasteiger partial charge in [-0.3, -0.25) is 0 Å². The lowest BCUT2D eigenvalue weighted by Gasteiger charge is -2.30. The molecular weight excluding hydrogens is 316 g/mol. The Hall–Kier alpha value is -2.27. The van der Waals surface area contributed by atoms with Crippen molar-refractivity contribution in [3.63, 3.8) is 0 Å². The maximum atomic E-state index is 10.5. The number of rotatable bonds is 2. The average Bonchev–Trinajstić information content (AvgIpc) is 3.06. The van der Waals surface area contributed by atoms with Crippen molar-refractivity contribution in [3.05, 3.63) is 18.1 Å². The SMILES string of the molecule is CN1N=C(N)c2cn(C3(C)O[C@H](CO)[C@@H](O)[C@H]3O)c3ncnc1c23. The molecule has 4 heterocycles. The third-order valence-electron chi connectivity index (χ3n) is 4.70. The fourth-order valence-electron chi connectivity index (χ4n) is 3.40. The summed E-state index contributed by atoms with van der Waals surface area (Å²) in [5, 5.41) is 36.4. The molecule has 0 aromatic carbocycles. The van der Waals surface area contributed by atoms with Gasteiger partial charge in [0.05, 0.1) is 12.0 Å². The summed E-state index contributed by atoms with van der Waals surface area (Å²) in [6.45, 7) is 1.21. The highest BCUT2D eigenvalue weighted by Gasteiger charge is 2.53. The van der Waals surface area contributed by atoms with Crippen molar-refractivity contribution in [2.45, 2.75) is 31.0 Å². The van der Waals surface area contributed by atoms with Crippen LogP contribution in [-0.4, -0.2) is 67.7 Å². The van der Waals surface area contributed by atoms with E-state index < -0.39 is 30.6 Å². The number of amidine groups is 1. The maximum absolute atomic E-state index is 10.5. The van der Waals surface area contributed by atoms with E-state index in [0.717, 1.165) is 0 Å². The number of anilines is 1. The second kappa shape index (κ2) is 4.86. The average molecular weight is 334 g/mol. The predicted molar refractivity (Wildman–Crippen MR) is 84.3 cm³/mol. The molecule has 0 radical (unpaired) electrons. The Labute approximate surface area is 136 Å². The van der Waals surface area contributed by atoms with E-state index in [2.05, 4.69) is 15.1 Å². The van der Waals surface area contributed by atoms with E-state index in [1.54, 1.807) is 29.7 Å². The summed E-state index contributed by atoms with van der Waals surface area (Å²) in [5.74, 6) is 0.872. The third kappa shape index (κ3) is 1.76. The summed E-state index contributed by atoms with van der Waals surface area (Å²) in [6, 6.07) is 0. The fourth-order valence-corrected chi connectivity index (χ4v) is 3.40. The maximum Gasteiger partial charge on any atom is 0.172 e. The number of nitrogens with zero attached hydrogens (tertiary/aromatic N) is 5. The highest BCUT2D eigenvalue weighted by Crippen LogP contribution is 2.40. The lowest BCUT2D eigenvalue weighted by molar-refractivity contribution is -0.132. The number of hydrogen-bond donors (Lipinski definition) is 4. The number of ether oxygens (including phenoxy) is 1.